The Morgan fingerprint density at radius 3 is 2.50 bits per heavy atom. The molecule has 1 aliphatic carbocycles. The molecule has 0 saturated heterocycles. The molecule has 1 heterocycles. The van der Waals surface area contributed by atoms with Crippen LogP contribution in [-0.2, 0) is 4.79 Å². The Hall–Kier alpha value is -3.48. The molecule has 0 atom stereocenters. The number of hydrogen-bond acceptors (Lipinski definition) is 6. The first-order chi connectivity index (χ1) is 14.4. The average Bonchev–Trinajstić information content (AvgIpc) is 3.07. The van der Waals surface area contributed by atoms with E-state index < -0.39 is 4.92 Å². The van der Waals surface area contributed by atoms with Gasteiger partial charge in [-0.1, -0.05) is 19.3 Å². The predicted molar refractivity (Wildman–Crippen MR) is 109 cm³/mol. The normalized spacial score (nSPS) is 17.5. The Balaban J connectivity index is 1.54. The number of allylic oxidation sites excluding steroid dienone is 1. The van der Waals surface area contributed by atoms with Gasteiger partial charge in [0, 0.05) is 17.7 Å². The minimum Gasteiger partial charge on any atom is -0.452 e. The van der Waals surface area contributed by atoms with Crippen molar-refractivity contribution in [3.05, 3.63) is 69.0 Å². The highest BCUT2D eigenvalue weighted by Gasteiger charge is 2.31. The van der Waals surface area contributed by atoms with Crippen LogP contribution in [0.25, 0.3) is 6.08 Å². The number of hydrogen-bond donors (Lipinski definition) is 0. The molecule has 0 radical (unpaired) electrons. The van der Waals surface area contributed by atoms with Crippen LogP contribution in [0.1, 0.15) is 53.6 Å². The Kier molecular flexibility index (Phi) is 5.35. The van der Waals surface area contributed by atoms with Gasteiger partial charge >= 0.3 is 5.97 Å². The molecule has 0 unspecified atom stereocenters. The summed E-state index contributed by atoms with van der Waals surface area (Å²) >= 11 is 0. The largest absolute Gasteiger partial charge is 0.452 e. The van der Waals surface area contributed by atoms with Gasteiger partial charge in [-0.05, 0) is 55.7 Å². The molecule has 154 valence electrons. The first-order valence-corrected chi connectivity index (χ1v) is 9.98. The molecular weight excluding hydrogens is 386 g/mol. The summed E-state index contributed by atoms with van der Waals surface area (Å²) in [5.74, 6) is 0.306. The molecule has 2 aromatic carbocycles. The standard InChI is InChI=1S/C23H21NO6/c1-14-19(30-23(26)16-5-3-2-4-6-16)12-11-18-21(25)20(29-22(14)18)13-15-7-9-17(10-8-15)24(27)28/h7-13,16H,2-6H2,1H3/b20-13-. The van der Waals surface area contributed by atoms with Crippen LogP contribution >= 0.6 is 0 Å². The van der Waals surface area contributed by atoms with Crippen molar-refractivity contribution in [3.63, 3.8) is 0 Å². The molecule has 0 N–H and O–H groups in total. The monoisotopic (exact) mass is 407 g/mol. The Labute approximate surface area is 173 Å². The number of nitro benzene ring substituents is 1. The zero-order valence-electron chi connectivity index (χ0n) is 16.6. The second-order valence-electron chi connectivity index (χ2n) is 7.61. The number of ether oxygens (including phenoxy) is 2. The third-order valence-corrected chi connectivity index (χ3v) is 5.59. The highest BCUT2D eigenvalue weighted by Crippen LogP contribution is 2.40. The van der Waals surface area contributed by atoms with Crippen molar-refractivity contribution in [2.75, 3.05) is 0 Å². The summed E-state index contributed by atoms with van der Waals surface area (Å²) in [6, 6.07) is 9.07. The van der Waals surface area contributed by atoms with E-state index in [0.29, 0.717) is 28.2 Å². The number of nitrogens with zero attached hydrogens (tertiary/aromatic N) is 1. The lowest BCUT2D eigenvalue weighted by Crippen LogP contribution is -2.23. The zero-order chi connectivity index (χ0) is 21.3. The van der Waals surface area contributed by atoms with Gasteiger partial charge in [-0.3, -0.25) is 19.7 Å². The summed E-state index contributed by atoms with van der Waals surface area (Å²) in [5, 5.41) is 10.8. The maximum atomic E-state index is 12.7. The van der Waals surface area contributed by atoms with Crippen molar-refractivity contribution in [2.24, 2.45) is 5.92 Å². The van der Waals surface area contributed by atoms with Gasteiger partial charge in [0.25, 0.3) is 5.69 Å². The lowest BCUT2D eigenvalue weighted by molar-refractivity contribution is -0.384. The molecule has 1 saturated carbocycles. The van der Waals surface area contributed by atoms with E-state index in [0.717, 1.165) is 32.1 Å². The van der Waals surface area contributed by atoms with Crippen LogP contribution in [0.2, 0.25) is 0 Å². The lowest BCUT2D eigenvalue weighted by Gasteiger charge is -2.20. The van der Waals surface area contributed by atoms with Gasteiger partial charge < -0.3 is 9.47 Å². The molecule has 0 bridgehead atoms. The van der Waals surface area contributed by atoms with E-state index >= 15 is 0 Å². The molecule has 30 heavy (non-hydrogen) atoms. The second kappa shape index (κ2) is 8.10. The lowest BCUT2D eigenvalue weighted by atomic mass is 9.89. The summed E-state index contributed by atoms with van der Waals surface area (Å²) in [6.45, 7) is 1.75. The third-order valence-electron chi connectivity index (χ3n) is 5.59. The Morgan fingerprint density at radius 1 is 1.13 bits per heavy atom. The average molecular weight is 407 g/mol. The van der Waals surface area contributed by atoms with Crippen molar-refractivity contribution >= 4 is 23.5 Å². The first-order valence-electron chi connectivity index (χ1n) is 9.98. The van der Waals surface area contributed by atoms with Gasteiger partial charge in [0.05, 0.1) is 16.4 Å². The van der Waals surface area contributed by atoms with Crippen molar-refractivity contribution < 1.29 is 24.0 Å². The third kappa shape index (κ3) is 3.83. The van der Waals surface area contributed by atoms with Crippen LogP contribution < -0.4 is 9.47 Å². The quantitative estimate of drug-likeness (QED) is 0.233. The van der Waals surface area contributed by atoms with Gasteiger partial charge in [0.15, 0.2) is 5.76 Å². The van der Waals surface area contributed by atoms with E-state index in [4.69, 9.17) is 9.47 Å². The second-order valence-corrected chi connectivity index (χ2v) is 7.61. The fourth-order valence-electron chi connectivity index (χ4n) is 3.85. The van der Waals surface area contributed by atoms with Gasteiger partial charge in [-0.2, -0.15) is 0 Å². The van der Waals surface area contributed by atoms with Crippen molar-refractivity contribution in [2.45, 2.75) is 39.0 Å². The topological polar surface area (TPSA) is 95.7 Å². The smallest absolute Gasteiger partial charge is 0.314 e. The molecule has 4 rings (SSSR count). The first kappa shape index (κ1) is 19.8. The number of esters is 1. The number of non-ortho nitro benzene ring substituents is 1. The summed E-state index contributed by atoms with van der Waals surface area (Å²) in [6.07, 6.45) is 6.47. The van der Waals surface area contributed by atoms with Gasteiger partial charge in [0.2, 0.25) is 5.78 Å². The van der Waals surface area contributed by atoms with E-state index in [9.17, 15) is 19.7 Å². The maximum Gasteiger partial charge on any atom is 0.314 e. The minimum absolute atomic E-state index is 0.0284. The number of fused-ring (bicyclic) bond motifs is 1. The van der Waals surface area contributed by atoms with E-state index in [1.54, 1.807) is 37.3 Å². The number of rotatable bonds is 4. The molecule has 0 spiro atoms. The molecular formula is C23H21NO6. The zero-order valence-corrected chi connectivity index (χ0v) is 16.6. The number of carbonyl (C=O) groups excluding carboxylic acids is 2. The van der Waals surface area contributed by atoms with Gasteiger partial charge in [0.1, 0.15) is 11.5 Å². The van der Waals surface area contributed by atoms with Crippen molar-refractivity contribution in [1.82, 2.24) is 0 Å². The van der Waals surface area contributed by atoms with E-state index in [1.165, 1.54) is 12.1 Å². The molecule has 0 amide bonds. The fraction of sp³-hybridized carbons (Fsp3) is 0.304. The molecule has 0 aromatic heterocycles. The summed E-state index contributed by atoms with van der Waals surface area (Å²) in [4.78, 5) is 35.5. The number of Topliss-reactive ketones (excluding diaryl/α,β-unsaturated/α-hetero) is 1. The summed E-state index contributed by atoms with van der Waals surface area (Å²) in [5.41, 5.74) is 1.58. The Morgan fingerprint density at radius 2 is 1.83 bits per heavy atom. The molecule has 1 aliphatic heterocycles. The van der Waals surface area contributed by atoms with E-state index in [-0.39, 0.29) is 29.1 Å². The summed E-state index contributed by atoms with van der Waals surface area (Å²) in [7, 11) is 0. The Bertz CT molecular complexity index is 1050. The summed E-state index contributed by atoms with van der Waals surface area (Å²) < 4.78 is 11.4. The highest BCUT2D eigenvalue weighted by molar-refractivity contribution is 6.15. The number of nitro groups is 1. The van der Waals surface area contributed by atoms with Crippen LogP contribution in [0.5, 0.6) is 11.5 Å². The van der Waals surface area contributed by atoms with Crippen molar-refractivity contribution in [3.8, 4) is 11.5 Å². The van der Waals surface area contributed by atoms with Crippen molar-refractivity contribution in [1.29, 1.82) is 0 Å². The number of carbonyl (C=O) groups is 2. The SMILES string of the molecule is Cc1c(OC(=O)C2CCCCC2)ccc2c1O/C(=C\c1ccc([N+](=O)[O-])cc1)C2=O. The van der Waals surface area contributed by atoms with Crippen LogP contribution in [0.4, 0.5) is 5.69 Å². The minimum atomic E-state index is -0.483. The molecule has 2 aliphatic rings. The predicted octanol–water partition coefficient (Wildman–Crippen LogP) is 5.01. The molecule has 7 nitrogen and oxygen atoms in total. The number of benzene rings is 2. The number of ketones is 1. The maximum absolute atomic E-state index is 12.7. The molecule has 7 heteroatoms. The molecule has 1 fully saturated rings. The fourth-order valence-corrected chi connectivity index (χ4v) is 3.85. The molecule has 2 aromatic rings. The van der Waals surface area contributed by atoms with Crippen LogP contribution in [0.15, 0.2) is 42.2 Å². The van der Waals surface area contributed by atoms with Gasteiger partial charge in [-0.25, -0.2) is 0 Å². The van der Waals surface area contributed by atoms with Crippen LogP contribution in [0, 0.1) is 23.0 Å². The van der Waals surface area contributed by atoms with Crippen LogP contribution in [0.3, 0.4) is 0 Å². The van der Waals surface area contributed by atoms with E-state index in [1.807, 2.05) is 0 Å². The van der Waals surface area contributed by atoms with Gasteiger partial charge in [-0.15, -0.1) is 0 Å². The van der Waals surface area contributed by atoms with E-state index in [2.05, 4.69) is 0 Å². The van der Waals surface area contributed by atoms with Crippen LogP contribution in [-0.4, -0.2) is 16.7 Å². The highest BCUT2D eigenvalue weighted by atomic mass is 16.6.